The lowest BCUT2D eigenvalue weighted by molar-refractivity contribution is 0.577. The van der Waals surface area contributed by atoms with Crippen LogP contribution in [0.1, 0.15) is 78.8 Å². The number of hydrogen-bond acceptors (Lipinski definition) is 0. The van der Waals surface area contributed by atoms with Crippen LogP contribution in [0.15, 0.2) is 60.7 Å². The zero-order chi connectivity index (χ0) is 23.5. The van der Waals surface area contributed by atoms with Crippen LogP contribution in [0.5, 0.6) is 0 Å². The van der Waals surface area contributed by atoms with Crippen LogP contribution in [0, 0.1) is 42.2 Å². The first kappa shape index (κ1) is 24.3. The molecule has 0 N–H and O–H groups in total. The minimum Gasteiger partial charge on any atom is -0.205 e. The Morgan fingerprint density at radius 3 is 1.76 bits per heavy atom. The largest absolute Gasteiger partial charge is 0.205 e. The molecule has 0 aromatic heterocycles. The predicted octanol–water partition coefficient (Wildman–Crippen LogP) is 7.98. The second-order valence-electron chi connectivity index (χ2n) is 8.40. The average molecular weight is 441 g/mol. The van der Waals surface area contributed by atoms with E-state index in [9.17, 15) is 8.78 Å². The molecule has 3 rings (SSSR count). The summed E-state index contributed by atoms with van der Waals surface area (Å²) in [6.07, 6.45) is 8.69. The Balaban J connectivity index is 1.62. The molecule has 2 heteroatoms. The van der Waals surface area contributed by atoms with E-state index >= 15 is 0 Å². The van der Waals surface area contributed by atoms with Gasteiger partial charge in [-0.1, -0.05) is 92.5 Å². The fraction of sp³-hybridized carbons (Fsp3) is 0.290. The van der Waals surface area contributed by atoms with Crippen molar-refractivity contribution in [2.45, 2.75) is 58.8 Å². The highest BCUT2D eigenvalue weighted by Crippen LogP contribution is 2.15. The summed E-state index contributed by atoms with van der Waals surface area (Å²) in [6, 6.07) is 18.1. The van der Waals surface area contributed by atoms with Crippen molar-refractivity contribution in [2.75, 3.05) is 0 Å². The second kappa shape index (κ2) is 12.6. The van der Waals surface area contributed by atoms with Gasteiger partial charge in [0.1, 0.15) is 11.6 Å². The minimum absolute atomic E-state index is 0.230. The van der Waals surface area contributed by atoms with Gasteiger partial charge in [-0.2, -0.15) is 0 Å². The maximum Gasteiger partial charge on any atom is 0.143 e. The molecule has 0 saturated carbocycles. The van der Waals surface area contributed by atoms with Crippen LogP contribution in [0.4, 0.5) is 8.78 Å². The third-order valence-corrected chi connectivity index (χ3v) is 5.55. The van der Waals surface area contributed by atoms with Gasteiger partial charge < -0.3 is 0 Å². The zero-order valence-corrected chi connectivity index (χ0v) is 19.5. The van der Waals surface area contributed by atoms with Crippen LogP contribution in [0.25, 0.3) is 0 Å². The van der Waals surface area contributed by atoms with E-state index in [1.807, 2.05) is 55.5 Å². The van der Waals surface area contributed by atoms with E-state index in [0.717, 1.165) is 23.1 Å². The molecule has 0 fully saturated rings. The molecule has 0 heterocycles. The molecule has 0 nitrogen and oxygen atoms in total. The Morgan fingerprint density at radius 1 is 0.606 bits per heavy atom. The molecule has 0 saturated heterocycles. The van der Waals surface area contributed by atoms with E-state index in [-0.39, 0.29) is 11.1 Å². The first-order chi connectivity index (χ1) is 16.0. The number of halogens is 2. The van der Waals surface area contributed by atoms with Crippen molar-refractivity contribution >= 4 is 0 Å². The van der Waals surface area contributed by atoms with Crippen molar-refractivity contribution in [2.24, 2.45) is 0 Å². The second-order valence-corrected chi connectivity index (χ2v) is 8.40. The first-order valence-corrected chi connectivity index (χ1v) is 11.7. The Hall–Kier alpha value is -3.36. The number of rotatable bonds is 7. The van der Waals surface area contributed by atoms with Crippen LogP contribution in [-0.4, -0.2) is 0 Å². The molecular weight excluding hydrogens is 410 g/mol. The number of hydrogen-bond donors (Lipinski definition) is 0. The van der Waals surface area contributed by atoms with Crippen LogP contribution >= 0.6 is 0 Å². The predicted molar refractivity (Wildman–Crippen MR) is 133 cm³/mol. The minimum atomic E-state index is -0.699. The fourth-order valence-electron chi connectivity index (χ4n) is 3.54. The van der Waals surface area contributed by atoms with E-state index in [0.29, 0.717) is 0 Å². The van der Waals surface area contributed by atoms with Crippen molar-refractivity contribution in [3.63, 3.8) is 0 Å². The van der Waals surface area contributed by atoms with Gasteiger partial charge >= 0.3 is 0 Å². The standard InChI is InChI=1S/C31H30F2/c1-3-4-5-6-7-8-9-25-14-16-27(17-15-25)20-21-29-30(32)22-28(23-31(29)33)19-18-26-12-10-24(2)11-13-26/h10-17,22-23H,3-9H2,1-2H3. The highest BCUT2D eigenvalue weighted by Gasteiger charge is 2.08. The van der Waals surface area contributed by atoms with Crippen molar-refractivity contribution in [1.82, 2.24) is 0 Å². The molecule has 0 spiro atoms. The molecule has 0 aliphatic rings. The lowest BCUT2D eigenvalue weighted by atomic mass is 10.0. The monoisotopic (exact) mass is 440 g/mol. The summed E-state index contributed by atoms with van der Waals surface area (Å²) in [5.74, 6) is 9.88. The topological polar surface area (TPSA) is 0 Å². The molecule has 0 aliphatic carbocycles. The lowest BCUT2D eigenvalue weighted by Gasteiger charge is -2.02. The summed E-state index contributed by atoms with van der Waals surface area (Å²) >= 11 is 0. The van der Waals surface area contributed by atoms with Gasteiger partial charge in [-0.25, -0.2) is 8.78 Å². The summed E-state index contributed by atoms with van der Waals surface area (Å²) in [4.78, 5) is 0. The highest BCUT2D eigenvalue weighted by atomic mass is 19.1. The van der Waals surface area contributed by atoms with Gasteiger partial charge in [-0.15, -0.1) is 0 Å². The molecule has 0 bridgehead atoms. The molecule has 0 unspecified atom stereocenters. The Labute approximate surface area is 197 Å². The van der Waals surface area contributed by atoms with Crippen molar-refractivity contribution in [1.29, 1.82) is 0 Å². The quantitative estimate of drug-likeness (QED) is 0.258. The van der Waals surface area contributed by atoms with Crippen molar-refractivity contribution in [3.05, 3.63) is 106 Å². The molecule has 168 valence electrons. The third kappa shape index (κ3) is 7.93. The van der Waals surface area contributed by atoms with Crippen molar-refractivity contribution < 1.29 is 8.78 Å². The van der Waals surface area contributed by atoms with E-state index < -0.39 is 11.6 Å². The van der Waals surface area contributed by atoms with Gasteiger partial charge in [-0.3, -0.25) is 0 Å². The molecule has 3 aromatic rings. The number of benzene rings is 3. The van der Waals surface area contributed by atoms with Gasteiger partial charge in [0, 0.05) is 16.7 Å². The average Bonchev–Trinajstić information content (AvgIpc) is 2.81. The Morgan fingerprint density at radius 2 is 1.12 bits per heavy atom. The molecule has 0 radical (unpaired) electrons. The van der Waals surface area contributed by atoms with Crippen molar-refractivity contribution in [3.8, 4) is 23.7 Å². The fourth-order valence-corrected chi connectivity index (χ4v) is 3.54. The maximum atomic E-state index is 14.5. The van der Waals surface area contributed by atoms with Crippen LogP contribution in [0.3, 0.4) is 0 Å². The van der Waals surface area contributed by atoms with Crippen LogP contribution < -0.4 is 0 Å². The van der Waals surface area contributed by atoms with Gasteiger partial charge in [0.15, 0.2) is 0 Å². The Bertz CT molecular complexity index is 1140. The third-order valence-electron chi connectivity index (χ3n) is 5.55. The molecule has 0 aliphatic heterocycles. The highest BCUT2D eigenvalue weighted by molar-refractivity contribution is 5.49. The van der Waals surface area contributed by atoms with Gasteiger partial charge in [-0.05, 0) is 61.7 Å². The normalized spacial score (nSPS) is 10.2. The molecular formula is C31H30F2. The van der Waals surface area contributed by atoms with E-state index in [1.54, 1.807) is 0 Å². The summed E-state index contributed by atoms with van der Waals surface area (Å²) in [5.41, 5.74) is 3.99. The summed E-state index contributed by atoms with van der Waals surface area (Å²) in [5, 5.41) is 0. The maximum absolute atomic E-state index is 14.5. The first-order valence-electron chi connectivity index (χ1n) is 11.7. The lowest BCUT2D eigenvalue weighted by Crippen LogP contribution is -1.93. The molecule has 0 atom stereocenters. The molecule has 33 heavy (non-hydrogen) atoms. The van der Waals surface area contributed by atoms with Gasteiger partial charge in [0.2, 0.25) is 0 Å². The zero-order valence-electron chi connectivity index (χ0n) is 19.5. The van der Waals surface area contributed by atoms with E-state index in [2.05, 4.69) is 30.6 Å². The summed E-state index contributed by atoms with van der Waals surface area (Å²) in [7, 11) is 0. The smallest absolute Gasteiger partial charge is 0.143 e. The van der Waals surface area contributed by atoms with Crippen LogP contribution in [-0.2, 0) is 6.42 Å². The van der Waals surface area contributed by atoms with E-state index in [1.165, 1.54) is 56.2 Å². The SMILES string of the molecule is CCCCCCCCc1ccc(C#Cc2c(F)cc(C#Cc3ccc(C)cc3)cc2F)cc1. The van der Waals surface area contributed by atoms with E-state index in [4.69, 9.17) is 0 Å². The van der Waals surface area contributed by atoms with Gasteiger partial charge in [0.25, 0.3) is 0 Å². The number of unbranched alkanes of at least 4 members (excludes halogenated alkanes) is 5. The summed E-state index contributed by atoms with van der Waals surface area (Å²) in [6.45, 7) is 4.22. The van der Waals surface area contributed by atoms with Crippen LogP contribution in [0.2, 0.25) is 0 Å². The molecule has 3 aromatic carbocycles. The number of aryl methyl sites for hydroxylation is 2. The van der Waals surface area contributed by atoms with Gasteiger partial charge in [0.05, 0.1) is 5.56 Å². The Kier molecular flexibility index (Phi) is 9.29. The molecule has 0 amide bonds. The summed E-state index contributed by atoms with van der Waals surface area (Å²) < 4.78 is 29.0.